The van der Waals surface area contributed by atoms with Crippen LogP contribution >= 0.6 is 23.5 Å². The van der Waals surface area contributed by atoms with E-state index in [9.17, 15) is 52.9 Å². The number of rotatable bonds is 21. The smallest absolute Gasteiger partial charge is 0.394 e. The van der Waals surface area contributed by atoms with Crippen molar-refractivity contribution in [1.29, 1.82) is 0 Å². The van der Waals surface area contributed by atoms with Gasteiger partial charge in [-0.1, -0.05) is 0 Å². The molecule has 6 aromatic heterocycles. The molecular formula is C37H49N18O22P3. The number of imidazole rings is 2. The third-order valence-electron chi connectivity index (χ3n) is 12.8. The molecule has 40 nitrogen and oxygen atoms in total. The Kier molecular flexibility index (Phi) is 16.0. The van der Waals surface area contributed by atoms with Gasteiger partial charge in [0.1, 0.15) is 80.3 Å². The van der Waals surface area contributed by atoms with Gasteiger partial charge in [0.25, 0.3) is 11.1 Å². The van der Waals surface area contributed by atoms with Gasteiger partial charge >= 0.3 is 34.8 Å². The van der Waals surface area contributed by atoms with Gasteiger partial charge in [0.15, 0.2) is 22.3 Å². The van der Waals surface area contributed by atoms with E-state index in [2.05, 4.69) is 49.8 Å². The standard InChI is InChI=1S/C37H49N18O22P3/c1-67-80(66,70-9-21-16(4-24(74-21)54-12-44-32(38)50-36(54)60)76-78(62,63)68-7-19-14(57)2-22(72-19)52-10-42-26-28(52)46-34(40)48-30(26)58)77-17-5-25(55-13-45-33(39)51-37(55)61)73-20(17)8-69-79(64,65)75-15-3-23(71-18(15)6-56)53-11-43-27-29(53)47-35(41)49-31(27)59/h10-25,56-57H,2-9H2,1H3,(H,62,63)(H,64,65)(H2,38,50,60)(H2,39,51,61)(H3,40,46,48,58)(H3,41,47,49,59)/t14?,15?,16?,17-,18-,19-,20-,21-,22-,23-,24-,25-,80?/m1/s1. The largest absolute Gasteiger partial charge is 0.474 e. The fraction of sp³-hybridized carbons (Fsp3) is 0.568. The highest BCUT2D eigenvalue weighted by molar-refractivity contribution is 7.48. The Labute approximate surface area is 444 Å². The fourth-order valence-corrected chi connectivity index (χ4v) is 12.1. The topological polar surface area (TPSA) is 560 Å². The predicted molar refractivity (Wildman–Crippen MR) is 260 cm³/mol. The van der Waals surface area contributed by atoms with Crippen LogP contribution in [-0.2, 0) is 64.3 Å². The maximum Gasteiger partial charge on any atom is 0.474 e. The summed E-state index contributed by atoms with van der Waals surface area (Å²) in [6.07, 6.45) is -12.7. The van der Waals surface area contributed by atoms with Gasteiger partial charge in [0, 0.05) is 32.8 Å². The molecule has 6 aromatic rings. The molecule has 0 amide bonds. The number of hydrogen-bond donors (Lipinski definition) is 10. The Hall–Kier alpha value is -6.39. The van der Waals surface area contributed by atoms with Crippen LogP contribution in [0.1, 0.15) is 50.6 Å². The number of aliphatic hydroxyl groups excluding tert-OH is 2. The quantitative estimate of drug-likeness (QED) is 0.0313. The molecule has 10 rings (SSSR count). The lowest BCUT2D eigenvalue weighted by Crippen LogP contribution is -2.32. The first-order valence-corrected chi connectivity index (χ1v) is 28.0. The molecule has 0 radical (unpaired) electrons. The average molecular weight is 1190 g/mol. The molecule has 10 heterocycles. The highest BCUT2D eigenvalue weighted by Crippen LogP contribution is 2.55. The second kappa shape index (κ2) is 22.5. The van der Waals surface area contributed by atoms with Crippen molar-refractivity contribution < 1.29 is 84.3 Å². The third-order valence-corrected chi connectivity index (χ3v) is 16.3. The van der Waals surface area contributed by atoms with E-state index in [1.807, 2.05) is 0 Å². The van der Waals surface area contributed by atoms with E-state index in [0.29, 0.717) is 0 Å². The second-order valence-electron chi connectivity index (χ2n) is 18.0. The van der Waals surface area contributed by atoms with Crippen molar-refractivity contribution in [1.82, 2.24) is 68.1 Å². The number of nitrogens with two attached hydrogens (primary N) is 4. The van der Waals surface area contributed by atoms with Gasteiger partial charge in [-0.2, -0.15) is 19.9 Å². The van der Waals surface area contributed by atoms with Crippen LogP contribution in [0, 0.1) is 0 Å². The molecule has 80 heavy (non-hydrogen) atoms. The van der Waals surface area contributed by atoms with Crippen LogP contribution in [0.15, 0.2) is 44.5 Å². The van der Waals surface area contributed by atoms with E-state index in [-0.39, 0.29) is 59.0 Å². The van der Waals surface area contributed by atoms with Gasteiger partial charge in [0.05, 0.1) is 45.2 Å². The fourth-order valence-electron chi connectivity index (χ4n) is 9.05. The molecule has 0 bridgehead atoms. The molecule has 4 saturated heterocycles. The van der Waals surface area contributed by atoms with Crippen LogP contribution in [0.25, 0.3) is 22.3 Å². The zero-order valence-corrected chi connectivity index (χ0v) is 43.7. The predicted octanol–water partition coefficient (Wildman–Crippen LogP) is -3.45. The number of hydrogen-bond acceptors (Lipinski definition) is 32. The molecule has 434 valence electrons. The number of aromatic amines is 2. The number of H-pyrrole nitrogens is 2. The summed E-state index contributed by atoms with van der Waals surface area (Å²) in [6.45, 7) is -3.22. The van der Waals surface area contributed by atoms with Crippen molar-refractivity contribution in [2.24, 2.45) is 0 Å². The minimum atomic E-state index is -5.20. The molecule has 4 fully saturated rings. The Morgan fingerprint density at radius 2 is 0.975 bits per heavy atom. The van der Waals surface area contributed by atoms with E-state index in [1.54, 1.807) is 0 Å². The van der Waals surface area contributed by atoms with Gasteiger partial charge in [-0.25, -0.2) is 43.2 Å². The van der Waals surface area contributed by atoms with Crippen LogP contribution in [0.2, 0.25) is 0 Å². The van der Waals surface area contributed by atoms with Crippen molar-refractivity contribution in [3.05, 3.63) is 67.0 Å². The second-order valence-corrected chi connectivity index (χ2v) is 22.5. The number of phosphoric ester groups is 3. The van der Waals surface area contributed by atoms with Crippen LogP contribution in [-0.4, -0.2) is 170 Å². The van der Waals surface area contributed by atoms with E-state index >= 15 is 0 Å². The zero-order valence-electron chi connectivity index (χ0n) is 41.0. The molecule has 14 N–H and O–H groups in total. The molecule has 43 heteroatoms. The molecule has 0 spiro atoms. The van der Waals surface area contributed by atoms with Gasteiger partial charge in [-0.3, -0.25) is 69.5 Å². The number of ether oxygens (including phenoxy) is 4. The number of fused-ring (bicyclic) bond motifs is 2. The number of nitrogens with one attached hydrogen (secondary N) is 2. The highest BCUT2D eigenvalue weighted by atomic mass is 31.2. The monoisotopic (exact) mass is 1190 g/mol. The number of anilines is 4. The summed E-state index contributed by atoms with van der Waals surface area (Å²) in [6, 6.07) is 0. The maximum absolute atomic E-state index is 14.4. The van der Waals surface area contributed by atoms with Crippen molar-refractivity contribution in [3.8, 4) is 0 Å². The van der Waals surface area contributed by atoms with Crippen molar-refractivity contribution in [3.63, 3.8) is 0 Å². The molecule has 0 saturated carbocycles. The van der Waals surface area contributed by atoms with Gasteiger partial charge in [0.2, 0.25) is 23.8 Å². The summed E-state index contributed by atoms with van der Waals surface area (Å²) < 4.78 is 108. The Morgan fingerprint density at radius 1 is 0.575 bits per heavy atom. The summed E-state index contributed by atoms with van der Waals surface area (Å²) in [4.78, 5) is 108. The maximum atomic E-state index is 14.4. The highest BCUT2D eigenvalue weighted by Gasteiger charge is 2.49. The number of aliphatic hydroxyl groups is 2. The molecular weight excluding hydrogens is 1140 g/mol. The Bertz CT molecular complexity index is 3670. The first-order valence-electron chi connectivity index (χ1n) is 23.5. The third kappa shape index (κ3) is 12.1. The van der Waals surface area contributed by atoms with Gasteiger partial charge < -0.3 is 61.9 Å². The van der Waals surface area contributed by atoms with Crippen LogP contribution in [0.4, 0.5) is 23.8 Å². The molecule has 0 aromatic carbocycles. The molecule has 4 aliphatic heterocycles. The van der Waals surface area contributed by atoms with E-state index < -0.39 is 159 Å². The Balaban J connectivity index is 0.820. The lowest BCUT2D eigenvalue weighted by molar-refractivity contribution is -0.0645. The van der Waals surface area contributed by atoms with Crippen LogP contribution in [0.3, 0.4) is 0 Å². The van der Waals surface area contributed by atoms with E-state index in [0.717, 1.165) is 28.9 Å². The summed E-state index contributed by atoms with van der Waals surface area (Å²) in [7, 11) is -14.4. The molecule has 0 aliphatic carbocycles. The molecule has 15 atom stereocenters. The lowest BCUT2D eigenvalue weighted by Gasteiger charge is -2.26. The van der Waals surface area contributed by atoms with Crippen LogP contribution < -0.4 is 45.4 Å². The van der Waals surface area contributed by atoms with Crippen molar-refractivity contribution in [2.45, 2.75) is 99.4 Å². The number of nitrogen functional groups attached to an aromatic ring is 4. The summed E-state index contributed by atoms with van der Waals surface area (Å²) in [5.41, 5.74) is 19.3. The normalized spacial score (nSPS) is 29.3. The summed E-state index contributed by atoms with van der Waals surface area (Å²) in [5.74, 6) is -1.22. The van der Waals surface area contributed by atoms with Gasteiger partial charge in [-0.05, 0) is 0 Å². The van der Waals surface area contributed by atoms with Crippen molar-refractivity contribution >= 4 is 69.6 Å². The first-order chi connectivity index (χ1) is 38.0. The average Bonchev–Trinajstić information content (AvgIpc) is 4.31. The Morgan fingerprint density at radius 3 is 1.45 bits per heavy atom. The number of aromatic nitrogens is 14. The minimum absolute atomic E-state index is 0.00923. The van der Waals surface area contributed by atoms with E-state index in [4.69, 9.17) is 73.5 Å². The molecule has 4 aliphatic rings. The lowest BCUT2D eigenvalue weighted by atomic mass is 10.2. The number of nitrogens with zero attached hydrogens (tertiary/aromatic N) is 12. The minimum Gasteiger partial charge on any atom is -0.394 e. The van der Waals surface area contributed by atoms with Crippen LogP contribution in [0.5, 0.6) is 0 Å². The summed E-state index contributed by atoms with van der Waals surface area (Å²) >= 11 is 0. The van der Waals surface area contributed by atoms with E-state index in [1.165, 1.54) is 21.8 Å². The molecule has 6 unspecified atom stereocenters. The summed E-state index contributed by atoms with van der Waals surface area (Å²) in [5, 5.41) is 21.0. The SMILES string of the molecule is COP(=O)(OC[C@H]1O[C@@H](n2cnc(N)nc2=O)CC1OP(=O)(O)OC[C@H]1O[C@@H](n2cnc3c(=O)[nH]c(N)nc32)CC1O)O[C@@H]1C[C@H](n2cnc(N)nc2=O)O[C@@H]1COP(=O)(O)OC1C[C@H](n2cnc3c(=O)[nH]c(N)nc32)O[C@@H]1CO. The first kappa shape index (κ1) is 56.9. The zero-order chi connectivity index (χ0) is 57.0. The van der Waals surface area contributed by atoms with Gasteiger partial charge in [-0.15, -0.1) is 0 Å². The number of phosphoric acid groups is 3. The van der Waals surface area contributed by atoms with Crippen molar-refractivity contribution in [2.75, 3.05) is 56.5 Å².